The molecule has 102 valence electrons. The second-order valence-corrected chi connectivity index (χ2v) is 5.38. The van der Waals surface area contributed by atoms with Gasteiger partial charge in [-0.25, -0.2) is 4.39 Å². The number of anilines is 1. The Morgan fingerprint density at radius 2 is 1.85 bits per heavy atom. The Morgan fingerprint density at radius 1 is 1.20 bits per heavy atom. The highest BCUT2D eigenvalue weighted by Crippen LogP contribution is 2.17. The van der Waals surface area contributed by atoms with Gasteiger partial charge in [-0.05, 0) is 42.5 Å². The molecule has 3 N–H and O–H groups in total. The molecule has 0 unspecified atom stereocenters. The van der Waals surface area contributed by atoms with Gasteiger partial charge in [0.15, 0.2) is 0 Å². The van der Waals surface area contributed by atoms with Crippen molar-refractivity contribution in [1.82, 2.24) is 0 Å². The van der Waals surface area contributed by atoms with Gasteiger partial charge in [0.1, 0.15) is 10.8 Å². The second kappa shape index (κ2) is 6.11. The van der Waals surface area contributed by atoms with E-state index in [1.54, 1.807) is 30.3 Å². The van der Waals surface area contributed by atoms with Crippen LogP contribution in [0.15, 0.2) is 46.9 Å². The Morgan fingerprint density at radius 3 is 2.40 bits per heavy atom. The number of hydrogen-bond donors (Lipinski definition) is 2. The third-order valence-corrected chi connectivity index (χ3v) is 3.33. The van der Waals surface area contributed by atoms with Crippen LogP contribution in [0.2, 0.25) is 0 Å². The average molecular weight is 353 g/mol. The van der Waals surface area contributed by atoms with Gasteiger partial charge in [-0.15, -0.1) is 0 Å². The van der Waals surface area contributed by atoms with Crippen molar-refractivity contribution in [2.75, 3.05) is 5.32 Å². The molecule has 0 heterocycles. The molecule has 3 nitrogen and oxygen atoms in total. The SMILES string of the molecule is NC(=S)c1ccc(NC(=O)c2ccc(Br)cc2F)cc1. The van der Waals surface area contributed by atoms with E-state index in [1.807, 2.05) is 0 Å². The minimum Gasteiger partial charge on any atom is -0.389 e. The van der Waals surface area contributed by atoms with E-state index in [9.17, 15) is 9.18 Å². The summed E-state index contributed by atoms with van der Waals surface area (Å²) in [5.74, 6) is -1.10. The van der Waals surface area contributed by atoms with E-state index in [0.29, 0.717) is 15.7 Å². The van der Waals surface area contributed by atoms with Gasteiger partial charge in [0.25, 0.3) is 5.91 Å². The highest BCUT2D eigenvalue weighted by molar-refractivity contribution is 9.10. The van der Waals surface area contributed by atoms with Crippen LogP contribution in [0.25, 0.3) is 0 Å². The van der Waals surface area contributed by atoms with E-state index in [-0.39, 0.29) is 10.6 Å². The van der Waals surface area contributed by atoms with Gasteiger partial charge in [-0.1, -0.05) is 28.1 Å². The summed E-state index contributed by atoms with van der Waals surface area (Å²) >= 11 is 7.97. The monoisotopic (exact) mass is 352 g/mol. The molecular weight excluding hydrogens is 343 g/mol. The fourth-order valence-electron chi connectivity index (χ4n) is 1.59. The van der Waals surface area contributed by atoms with E-state index in [0.717, 1.165) is 0 Å². The Bertz CT molecular complexity index is 673. The molecule has 0 aliphatic heterocycles. The van der Waals surface area contributed by atoms with Crippen molar-refractivity contribution < 1.29 is 9.18 Å². The highest BCUT2D eigenvalue weighted by Gasteiger charge is 2.12. The summed E-state index contributed by atoms with van der Waals surface area (Å²) in [5, 5.41) is 2.61. The molecule has 0 saturated heterocycles. The summed E-state index contributed by atoms with van der Waals surface area (Å²) in [6.07, 6.45) is 0. The van der Waals surface area contributed by atoms with Gasteiger partial charge in [0.05, 0.1) is 5.56 Å². The molecule has 1 amide bonds. The van der Waals surface area contributed by atoms with Crippen LogP contribution in [0.4, 0.5) is 10.1 Å². The lowest BCUT2D eigenvalue weighted by atomic mass is 10.1. The van der Waals surface area contributed by atoms with Crippen LogP contribution < -0.4 is 11.1 Å². The third kappa shape index (κ3) is 3.40. The van der Waals surface area contributed by atoms with Gasteiger partial charge in [-0.3, -0.25) is 4.79 Å². The maximum absolute atomic E-state index is 13.6. The van der Waals surface area contributed by atoms with Crippen molar-refractivity contribution in [2.45, 2.75) is 0 Å². The molecule has 0 aliphatic carbocycles. The van der Waals surface area contributed by atoms with Gasteiger partial charge in [0.2, 0.25) is 0 Å². The highest BCUT2D eigenvalue weighted by atomic mass is 79.9. The van der Waals surface area contributed by atoms with E-state index in [4.69, 9.17) is 18.0 Å². The van der Waals surface area contributed by atoms with E-state index in [2.05, 4.69) is 21.2 Å². The first kappa shape index (κ1) is 14.6. The van der Waals surface area contributed by atoms with Crippen molar-refractivity contribution in [2.24, 2.45) is 5.73 Å². The third-order valence-electron chi connectivity index (χ3n) is 2.60. The summed E-state index contributed by atoms with van der Waals surface area (Å²) in [4.78, 5) is 12.2. The van der Waals surface area contributed by atoms with Crippen molar-refractivity contribution in [1.29, 1.82) is 0 Å². The first-order valence-electron chi connectivity index (χ1n) is 5.63. The van der Waals surface area contributed by atoms with Gasteiger partial charge in [-0.2, -0.15) is 0 Å². The molecule has 0 spiro atoms. The number of hydrogen-bond acceptors (Lipinski definition) is 2. The molecule has 0 aromatic heterocycles. The number of nitrogens with one attached hydrogen (secondary N) is 1. The molecule has 0 bridgehead atoms. The zero-order valence-corrected chi connectivity index (χ0v) is 12.6. The Hall–Kier alpha value is -1.79. The lowest BCUT2D eigenvalue weighted by Gasteiger charge is -2.07. The lowest BCUT2D eigenvalue weighted by Crippen LogP contribution is -2.14. The van der Waals surface area contributed by atoms with Crippen LogP contribution in [0, 0.1) is 5.82 Å². The summed E-state index contributed by atoms with van der Waals surface area (Å²) in [7, 11) is 0. The number of thiocarbonyl (C=S) groups is 1. The number of rotatable bonds is 3. The first-order chi connectivity index (χ1) is 9.47. The summed E-state index contributed by atoms with van der Waals surface area (Å²) in [5.41, 5.74) is 6.70. The predicted molar refractivity (Wildman–Crippen MR) is 84.4 cm³/mol. The van der Waals surface area contributed by atoms with Crippen LogP contribution in [0.5, 0.6) is 0 Å². The molecule has 6 heteroatoms. The standard InChI is InChI=1S/C14H10BrFN2OS/c15-9-3-6-11(12(16)7-9)14(19)18-10-4-1-8(2-5-10)13(17)20/h1-7H,(H2,17,20)(H,18,19). The molecule has 0 aliphatic rings. The molecule has 2 aromatic rings. The minimum atomic E-state index is -0.586. The molecule has 20 heavy (non-hydrogen) atoms. The molecule has 0 saturated carbocycles. The fourth-order valence-corrected chi connectivity index (χ4v) is 2.06. The van der Waals surface area contributed by atoms with Crippen molar-refractivity contribution in [3.63, 3.8) is 0 Å². The zero-order chi connectivity index (χ0) is 14.7. The number of carbonyl (C=O) groups is 1. The number of nitrogens with two attached hydrogens (primary N) is 1. The summed E-state index contributed by atoms with van der Waals surface area (Å²) < 4.78 is 14.2. The van der Waals surface area contributed by atoms with Crippen LogP contribution in [0.3, 0.4) is 0 Å². The summed E-state index contributed by atoms with van der Waals surface area (Å²) in [6.45, 7) is 0. The number of halogens is 2. The Labute approximate surface area is 129 Å². The van der Waals surface area contributed by atoms with Gasteiger partial charge in [0, 0.05) is 15.7 Å². The van der Waals surface area contributed by atoms with E-state index < -0.39 is 11.7 Å². The number of amides is 1. The van der Waals surface area contributed by atoms with Crippen molar-refractivity contribution in [3.05, 3.63) is 63.9 Å². The van der Waals surface area contributed by atoms with Crippen LogP contribution in [-0.4, -0.2) is 10.9 Å². The van der Waals surface area contributed by atoms with Crippen LogP contribution in [0.1, 0.15) is 15.9 Å². The average Bonchev–Trinajstić information content (AvgIpc) is 2.39. The normalized spacial score (nSPS) is 10.1. The van der Waals surface area contributed by atoms with Crippen molar-refractivity contribution >= 4 is 44.7 Å². The van der Waals surface area contributed by atoms with Crippen LogP contribution in [-0.2, 0) is 0 Å². The van der Waals surface area contributed by atoms with Crippen LogP contribution >= 0.6 is 28.1 Å². The molecule has 0 radical (unpaired) electrons. The number of benzene rings is 2. The summed E-state index contributed by atoms with van der Waals surface area (Å²) in [6, 6.07) is 11.0. The smallest absolute Gasteiger partial charge is 0.258 e. The maximum atomic E-state index is 13.6. The predicted octanol–water partition coefficient (Wildman–Crippen LogP) is 3.47. The maximum Gasteiger partial charge on any atom is 0.258 e. The van der Waals surface area contributed by atoms with E-state index >= 15 is 0 Å². The zero-order valence-electron chi connectivity index (χ0n) is 10.2. The van der Waals surface area contributed by atoms with Gasteiger partial charge >= 0.3 is 0 Å². The largest absolute Gasteiger partial charge is 0.389 e. The molecule has 0 atom stereocenters. The Kier molecular flexibility index (Phi) is 4.46. The fraction of sp³-hybridized carbons (Fsp3) is 0. The number of carbonyl (C=O) groups excluding carboxylic acids is 1. The molecule has 0 fully saturated rings. The lowest BCUT2D eigenvalue weighted by molar-refractivity contribution is 0.102. The Balaban J connectivity index is 2.17. The quantitative estimate of drug-likeness (QED) is 0.831. The molecular formula is C14H10BrFN2OS. The van der Waals surface area contributed by atoms with E-state index in [1.165, 1.54) is 12.1 Å². The molecule has 2 aromatic carbocycles. The second-order valence-electron chi connectivity index (χ2n) is 4.02. The first-order valence-corrected chi connectivity index (χ1v) is 6.84. The minimum absolute atomic E-state index is 0.0216. The van der Waals surface area contributed by atoms with Gasteiger partial charge < -0.3 is 11.1 Å². The van der Waals surface area contributed by atoms with Crippen molar-refractivity contribution in [3.8, 4) is 0 Å². The molecule has 2 rings (SSSR count). The topological polar surface area (TPSA) is 55.1 Å².